The third-order valence-electron chi connectivity index (χ3n) is 5.88. The van der Waals surface area contributed by atoms with Crippen LogP contribution in [-0.2, 0) is 16.3 Å². The number of benzene rings is 1. The molecule has 5 rings (SSSR count). The lowest BCUT2D eigenvalue weighted by Gasteiger charge is -2.36. The highest BCUT2D eigenvalue weighted by Crippen LogP contribution is 2.34. The Labute approximate surface area is 195 Å². The fraction of sp³-hybridized carbons (Fsp3) is 0.318. The van der Waals surface area contributed by atoms with Gasteiger partial charge in [0.15, 0.2) is 11.2 Å². The first-order valence-corrected chi connectivity index (χ1v) is 13.3. The highest BCUT2D eigenvalue weighted by atomic mass is 35.5. The van der Waals surface area contributed by atoms with Gasteiger partial charge in [-0.25, -0.2) is 23.4 Å². The predicted octanol–water partition coefficient (Wildman–Crippen LogP) is 4.50. The number of hydrogen-bond acceptors (Lipinski definition) is 7. The average Bonchev–Trinajstić information content (AvgIpc) is 3.40. The number of hydrogen-bond donors (Lipinski definition) is 1. The maximum absolute atomic E-state index is 13.7. The first kappa shape index (κ1) is 21.5. The second-order valence-corrected chi connectivity index (χ2v) is 11.1. The second-order valence-electron chi connectivity index (χ2n) is 8.04. The van der Waals surface area contributed by atoms with E-state index in [9.17, 15) is 8.42 Å². The van der Waals surface area contributed by atoms with Crippen molar-refractivity contribution in [2.24, 2.45) is 5.92 Å². The minimum absolute atomic E-state index is 0.0507. The zero-order chi connectivity index (χ0) is 22.1. The van der Waals surface area contributed by atoms with Crippen LogP contribution in [0, 0.1) is 5.92 Å². The maximum atomic E-state index is 13.7. The number of likely N-dealkylation sites (tertiary alicyclic amines) is 1. The number of nitrogens with zero attached hydrogens (tertiary/aromatic N) is 4. The molecule has 1 atom stereocenters. The molecule has 4 aromatic rings. The van der Waals surface area contributed by atoms with Crippen LogP contribution in [0.5, 0.6) is 0 Å². The summed E-state index contributed by atoms with van der Waals surface area (Å²) in [6, 6.07) is 10.4. The van der Waals surface area contributed by atoms with Crippen molar-refractivity contribution in [3.63, 3.8) is 0 Å². The number of rotatable bonds is 6. The number of halogens is 1. The van der Waals surface area contributed by atoms with Crippen molar-refractivity contribution >= 4 is 43.8 Å². The fourth-order valence-electron chi connectivity index (χ4n) is 4.25. The van der Waals surface area contributed by atoms with E-state index in [1.807, 2.05) is 21.7 Å². The summed E-state index contributed by atoms with van der Waals surface area (Å²) in [4.78, 5) is 17.8. The minimum atomic E-state index is -3.88. The molecule has 1 N–H and O–H groups in total. The quantitative estimate of drug-likeness (QED) is 0.430. The van der Waals surface area contributed by atoms with E-state index in [0.29, 0.717) is 35.1 Å². The van der Waals surface area contributed by atoms with Crippen LogP contribution in [0.3, 0.4) is 0 Å². The number of sulfone groups is 1. The Morgan fingerprint density at radius 3 is 2.53 bits per heavy atom. The van der Waals surface area contributed by atoms with Crippen LogP contribution >= 0.6 is 22.9 Å². The summed E-state index contributed by atoms with van der Waals surface area (Å²) >= 11 is 7.44. The van der Waals surface area contributed by atoms with Crippen LogP contribution in [0.1, 0.15) is 29.6 Å². The van der Waals surface area contributed by atoms with E-state index in [4.69, 9.17) is 11.6 Å². The van der Waals surface area contributed by atoms with Crippen molar-refractivity contribution in [1.82, 2.24) is 24.8 Å². The van der Waals surface area contributed by atoms with Crippen LogP contribution in [0.25, 0.3) is 11.0 Å². The highest BCUT2D eigenvalue weighted by Gasteiger charge is 2.40. The van der Waals surface area contributed by atoms with Crippen molar-refractivity contribution in [1.29, 1.82) is 0 Å². The zero-order valence-electron chi connectivity index (χ0n) is 17.2. The highest BCUT2D eigenvalue weighted by molar-refractivity contribution is 7.91. The summed E-state index contributed by atoms with van der Waals surface area (Å²) in [5, 5.41) is 2.98. The molecule has 0 saturated carbocycles. The van der Waals surface area contributed by atoms with Gasteiger partial charge in [0.25, 0.3) is 0 Å². The topological polar surface area (TPSA) is 91.8 Å². The van der Waals surface area contributed by atoms with Gasteiger partial charge in [-0.15, -0.1) is 11.3 Å². The number of nitrogens with one attached hydrogen (secondary N) is 1. The number of thiophene rings is 1. The molecule has 1 aliphatic rings. The van der Waals surface area contributed by atoms with Crippen LogP contribution in [0.15, 0.2) is 58.6 Å². The van der Waals surface area contributed by atoms with E-state index in [1.54, 1.807) is 0 Å². The average molecular weight is 488 g/mol. The molecule has 1 fully saturated rings. The maximum Gasteiger partial charge on any atom is 0.235 e. The number of fused-ring (bicyclic) bond motifs is 1. The van der Waals surface area contributed by atoms with E-state index in [2.05, 4.69) is 44.2 Å². The van der Waals surface area contributed by atoms with Crippen molar-refractivity contribution in [3.8, 4) is 0 Å². The molecular weight excluding hydrogens is 466 g/mol. The normalized spacial score (nSPS) is 17.0. The fourth-order valence-corrected chi connectivity index (χ4v) is 6.73. The minimum Gasteiger partial charge on any atom is -0.328 e. The Morgan fingerprint density at radius 1 is 1.12 bits per heavy atom. The molecule has 0 radical (unpaired) electrons. The van der Waals surface area contributed by atoms with Gasteiger partial charge in [-0.1, -0.05) is 41.9 Å². The molecular formula is C22H22ClN5O2S2. The van der Waals surface area contributed by atoms with Gasteiger partial charge in [0.2, 0.25) is 15.0 Å². The van der Waals surface area contributed by atoms with Crippen molar-refractivity contribution in [3.05, 3.63) is 69.9 Å². The van der Waals surface area contributed by atoms with Gasteiger partial charge >= 0.3 is 0 Å². The molecule has 1 aliphatic heterocycles. The molecule has 0 aliphatic carbocycles. The molecule has 32 heavy (non-hydrogen) atoms. The Bertz CT molecular complexity index is 1270. The monoisotopic (exact) mass is 487 g/mol. The Hall–Kier alpha value is -2.33. The summed E-state index contributed by atoms with van der Waals surface area (Å²) < 4.78 is 27.4. The molecule has 166 valence electrons. The van der Waals surface area contributed by atoms with Crippen LogP contribution in [0.4, 0.5) is 0 Å². The van der Waals surface area contributed by atoms with Gasteiger partial charge in [-0.2, -0.15) is 0 Å². The smallest absolute Gasteiger partial charge is 0.235 e. The largest absolute Gasteiger partial charge is 0.328 e. The molecule has 4 heterocycles. The molecule has 7 nitrogen and oxygen atoms in total. The Kier molecular flexibility index (Phi) is 5.98. The summed E-state index contributed by atoms with van der Waals surface area (Å²) in [7, 11) is -3.88. The zero-order valence-corrected chi connectivity index (χ0v) is 19.6. The van der Waals surface area contributed by atoms with Gasteiger partial charge in [-0.3, -0.25) is 4.90 Å². The summed E-state index contributed by atoms with van der Waals surface area (Å²) in [6.07, 6.45) is 5.68. The SMILES string of the molecule is O=S(=O)(c1nc2cscc2[nH]1)C(c1ncc(Cl)cn1)N1CCC(Cc2ccccc2)CC1. The summed E-state index contributed by atoms with van der Waals surface area (Å²) in [6.45, 7) is 1.28. The van der Waals surface area contributed by atoms with E-state index in [1.165, 1.54) is 29.3 Å². The van der Waals surface area contributed by atoms with Crippen molar-refractivity contribution < 1.29 is 8.42 Å². The number of imidazole rings is 1. The lowest BCUT2D eigenvalue weighted by atomic mass is 9.90. The molecule has 0 bridgehead atoms. The van der Waals surface area contributed by atoms with Crippen molar-refractivity contribution in [2.45, 2.75) is 29.8 Å². The summed E-state index contributed by atoms with van der Waals surface area (Å²) in [5.41, 5.74) is 2.67. The molecule has 0 amide bonds. The first-order valence-electron chi connectivity index (χ1n) is 10.4. The summed E-state index contributed by atoms with van der Waals surface area (Å²) in [5.74, 6) is 0.728. The van der Waals surface area contributed by atoms with E-state index < -0.39 is 15.2 Å². The number of aromatic nitrogens is 4. The third-order valence-corrected chi connectivity index (χ3v) is 8.63. The van der Waals surface area contributed by atoms with Gasteiger partial charge in [-0.05, 0) is 30.7 Å². The molecule has 1 unspecified atom stereocenters. The van der Waals surface area contributed by atoms with Crippen LogP contribution in [-0.4, -0.2) is 46.3 Å². The van der Waals surface area contributed by atoms with Gasteiger partial charge < -0.3 is 4.98 Å². The number of aromatic amines is 1. The van der Waals surface area contributed by atoms with E-state index in [0.717, 1.165) is 19.3 Å². The molecule has 10 heteroatoms. The van der Waals surface area contributed by atoms with Gasteiger partial charge in [0.05, 0.1) is 10.5 Å². The van der Waals surface area contributed by atoms with Crippen LogP contribution < -0.4 is 0 Å². The first-order chi connectivity index (χ1) is 15.5. The predicted molar refractivity (Wildman–Crippen MR) is 125 cm³/mol. The Balaban J connectivity index is 1.42. The lowest BCUT2D eigenvalue weighted by molar-refractivity contribution is 0.163. The second kappa shape index (κ2) is 8.90. The Morgan fingerprint density at radius 2 is 1.84 bits per heavy atom. The molecule has 1 aromatic carbocycles. The molecule has 0 spiro atoms. The van der Waals surface area contributed by atoms with Crippen LogP contribution in [0.2, 0.25) is 5.02 Å². The molecule has 1 saturated heterocycles. The van der Waals surface area contributed by atoms with Crippen molar-refractivity contribution in [2.75, 3.05) is 13.1 Å². The third kappa shape index (κ3) is 4.30. The van der Waals surface area contributed by atoms with E-state index >= 15 is 0 Å². The van der Waals surface area contributed by atoms with Gasteiger partial charge in [0, 0.05) is 36.2 Å². The molecule has 3 aromatic heterocycles. The number of piperidine rings is 1. The lowest BCUT2D eigenvalue weighted by Crippen LogP contribution is -2.41. The standard InChI is InChI=1S/C22H22ClN5O2S2/c23-17-11-24-20(25-12-17)21(32(29,30)22-26-18-13-31-14-19(18)27-22)28-8-6-16(7-9-28)10-15-4-2-1-3-5-15/h1-5,11-14,16,21H,6-10H2,(H,26,27). The van der Waals surface area contributed by atoms with E-state index in [-0.39, 0.29) is 11.0 Å². The number of H-pyrrole nitrogens is 1. The van der Waals surface area contributed by atoms with Gasteiger partial charge in [0.1, 0.15) is 5.52 Å².